The minimum atomic E-state index is -0.886. The molecule has 1 aliphatic rings. The molecule has 2 atom stereocenters. The number of likely N-dealkylation sites (tertiary alicyclic amines) is 1. The molecule has 0 spiro atoms. The third-order valence-electron chi connectivity index (χ3n) is 3.76. The molecule has 19 heavy (non-hydrogen) atoms. The largest absolute Gasteiger partial charge is 0.481 e. The summed E-state index contributed by atoms with van der Waals surface area (Å²) in [6.07, 6.45) is 0.990. The number of amides is 2. The maximum absolute atomic E-state index is 11.9. The fourth-order valence-corrected chi connectivity index (χ4v) is 2.40. The zero-order valence-electron chi connectivity index (χ0n) is 12.1. The molecule has 2 N–H and O–H groups in total. The molecule has 1 heterocycles. The minimum absolute atomic E-state index is 0.150. The van der Waals surface area contributed by atoms with Crippen LogP contribution in [-0.4, -0.2) is 65.7 Å². The van der Waals surface area contributed by atoms with Crippen LogP contribution in [0, 0.1) is 5.92 Å². The van der Waals surface area contributed by atoms with Gasteiger partial charge >= 0.3 is 12.0 Å². The lowest BCUT2D eigenvalue weighted by Crippen LogP contribution is -2.43. The van der Waals surface area contributed by atoms with E-state index in [0.29, 0.717) is 6.04 Å². The fourth-order valence-electron chi connectivity index (χ4n) is 2.40. The van der Waals surface area contributed by atoms with Crippen molar-refractivity contribution in [2.75, 3.05) is 32.7 Å². The number of urea groups is 1. The monoisotopic (exact) mass is 271 g/mol. The molecule has 0 aromatic heterocycles. The third kappa shape index (κ3) is 4.38. The van der Waals surface area contributed by atoms with Crippen LogP contribution in [0.15, 0.2) is 0 Å². The zero-order valence-corrected chi connectivity index (χ0v) is 12.1. The number of rotatable bonds is 6. The first-order valence-corrected chi connectivity index (χ1v) is 6.99. The molecule has 6 heteroatoms. The normalized spacial score (nSPS) is 20.6. The van der Waals surface area contributed by atoms with E-state index >= 15 is 0 Å². The predicted molar refractivity (Wildman–Crippen MR) is 73.1 cm³/mol. The van der Waals surface area contributed by atoms with Gasteiger partial charge in [0.25, 0.3) is 0 Å². The molecule has 0 bridgehead atoms. The second-order valence-corrected chi connectivity index (χ2v) is 5.04. The second kappa shape index (κ2) is 7.33. The Morgan fingerprint density at radius 2 is 2.05 bits per heavy atom. The van der Waals surface area contributed by atoms with E-state index < -0.39 is 11.9 Å². The molecule has 110 valence electrons. The molecule has 1 aliphatic heterocycles. The van der Waals surface area contributed by atoms with Gasteiger partial charge in [-0.2, -0.15) is 0 Å². The highest BCUT2D eigenvalue weighted by Crippen LogP contribution is 2.15. The van der Waals surface area contributed by atoms with Crippen molar-refractivity contribution in [2.24, 2.45) is 5.92 Å². The average molecular weight is 271 g/mol. The van der Waals surface area contributed by atoms with E-state index in [-0.39, 0.29) is 12.6 Å². The molecule has 0 aliphatic carbocycles. The van der Waals surface area contributed by atoms with Crippen LogP contribution in [0.1, 0.15) is 27.2 Å². The first-order chi connectivity index (χ1) is 8.99. The summed E-state index contributed by atoms with van der Waals surface area (Å²) in [4.78, 5) is 26.7. The van der Waals surface area contributed by atoms with Gasteiger partial charge in [0.2, 0.25) is 0 Å². The number of nitrogens with one attached hydrogen (secondary N) is 1. The van der Waals surface area contributed by atoms with Crippen molar-refractivity contribution in [3.8, 4) is 0 Å². The fraction of sp³-hybridized carbons (Fsp3) is 0.846. The molecule has 1 rings (SSSR count). The average Bonchev–Trinajstić information content (AvgIpc) is 2.86. The summed E-state index contributed by atoms with van der Waals surface area (Å²) < 4.78 is 0. The van der Waals surface area contributed by atoms with Gasteiger partial charge in [-0.3, -0.25) is 9.69 Å². The Kier molecular flexibility index (Phi) is 6.08. The first kappa shape index (κ1) is 15.8. The van der Waals surface area contributed by atoms with Crippen LogP contribution in [-0.2, 0) is 4.79 Å². The summed E-state index contributed by atoms with van der Waals surface area (Å²) in [6, 6.07) is 0.278. The van der Waals surface area contributed by atoms with Crippen LogP contribution in [0.2, 0.25) is 0 Å². The van der Waals surface area contributed by atoms with Crippen molar-refractivity contribution >= 4 is 12.0 Å². The number of carboxylic acids is 1. The van der Waals surface area contributed by atoms with Gasteiger partial charge in [0.1, 0.15) is 0 Å². The van der Waals surface area contributed by atoms with E-state index in [1.165, 1.54) is 0 Å². The number of carboxylic acid groups (broad SMARTS) is 1. The quantitative estimate of drug-likeness (QED) is 0.750. The number of hydrogen-bond acceptors (Lipinski definition) is 3. The molecule has 6 nitrogen and oxygen atoms in total. The second-order valence-electron chi connectivity index (χ2n) is 5.04. The Bertz CT molecular complexity index is 318. The van der Waals surface area contributed by atoms with Crippen LogP contribution in [0.3, 0.4) is 0 Å². The molecule has 2 unspecified atom stereocenters. The molecule has 0 radical (unpaired) electrons. The van der Waals surface area contributed by atoms with Crippen LogP contribution in [0.4, 0.5) is 4.79 Å². The SMILES string of the molecule is CCN(CC)C1CCN(C(=O)NCC(C)C(=O)O)C1. The summed E-state index contributed by atoms with van der Waals surface area (Å²) in [5.74, 6) is -1.44. The molecular formula is C13H25N3O3. The molecule has 0 saturated carbocycles. The van der Waals surface area contributed by atoms with Crippen LogP contribution >= 0.6 is 0 Å². The maximum Gasteiger partial charge on any atom is 0.317 e. The number of likely N-dealkylation sites (N-methyl/N-ethyl adjacent to an activating group) is 1. The molecule has 1 saturated heterocycles. The van der Waals surface area contributed by atoms with Crippen molar-refractivity contribution in [1.29, 1.82) is 0 Å². The Morgan fingerprint density at radius 3 is 2.58 bits per heavy atom. The molecule has 0 aromatic carbocycles. The van der Waals surface area contributed by atoms with Gasteiger partial charge in [-0.1, -0.05) is 20.8 Å². The Labute approximate surface area is 114 Å². The number of nitrogens with zero attached hydrogens (tertiary/aromatic N) is 2. The van der Waals surface area contributed by atoms with Crippen LogP contribution < -0.4 is 5.32 Å². The van der Waals surface area contributed by atoms with Crippen molar-refractivity contribution in [3.05, 3.63) is 0 Å². The van der Waals surface area contributed by atoms with E-state index in [9.17, 15) is 9.59 Å². The van der Waals surface area contributed by atoms with Crippen LogP contribution in [0.5, 0.6) is 0 Å². The van der Waals surface area contributed by atoms with Gasteiger partial charge in [-0.05, 0) is 19.5 Å². The zero-order chi connectivity index (χ0) is 14.4. The van der Waals surface area contributed by atoms with Gasteiger partial charge in [-0.15, -0.1) is 0 Å². The predicted octanol–water partition coefficient (Wildman–Crippen LogP) is 0.833. The van der Waals surface area contributed by atoms with E-state index in [1.54, 1.807) is 11.8 Å². The summed E-state index contributed by atoms with van der Waals surface area (Å²) in [5, 5.41) is 11.5. The van der Waals surface area contributed by atoms with Gasteiger partial charge < -0.3 is 15.3 Å². The molecule has 1 fully saturated rings. The Hall–Kier alpha value is -1.30. The third-order valence-corrected chi connectivity index (χ3v) is 3.76. The van der Waals surface area contributed by atoms with E-state index in [1.807, 2.05) is 0 Å². The van der Waals surface area contributed by atoms with Crippen molar-refractivity contribution in [1.82, 2.24) is 15.1 Å². The lowest BCUT2D eigenvalue weighted by molar-refractivity contribution is -0.140. The van der Waals surface area contributed by atoms with Gasteiger partial charge in [-0.25, -0.2) is 4.79 Å². The van der Waals surface area contributed by atoms with E-state index in [4.69, 9.17) is 5.11 Å². The van der Waals surface area contributed by atoms with E-state index in [2.05, 4.69) is 24.1 Å². The van der Waals surface area contributed by atoms with Crippen molar-refractivity contribution < 1.29 is 14.7 Å². The van der Waals surface area contributed by atoms with Gasteiger partial charge in [0, 0.05) is 25.7 Å². The van der Waals surface area contributed by atoms with Crippen molar-refractivity contribution in [2.45, 2.75) is 33.2 Å². The lowest BCUT2D eigenvalue weighted by Gasteiger charge is -2.26. The van der Waals surface area contributed by atoms with E-state index in [0.717, 1.165) is 32.6 Å². The Balaban J connectivity index is 2.37. The summed E-state index contributed by atoms with van der Waals surface area (Å²) in [5.41, 5.74) is 0. The number of aliphatic carboxylic acids is 1. The Morgan fingerprint density at radius 1 is 1.42 bits per heavy atom. The molecular weight excluding hydrogens is 246 g/mol. The lowest BCUT2D eigenvalue weighted by atomic mass is 10.2. The van der Waals surface area contributed by atoms with Crippen molar-refractivity contribution in [3.63, 3.8) is 0 Å². The molecule has 2 amide bonds. The first-order valence-electron chi connectivity index (χ1n) is 6.99. The topological polar surface area (TPSA) is 72.9 Å². The maximum atomic E-state index is 11.9. The van der Waals surface area contributed by atoms with Gasteiger partial charge in [0.15, 0.2) is 0 Å². The highest BCUT2D eigenvalue weighted by Gasteiger charge is 2.29. The summed E-state index contributed by atoms with van der Waals surface area (Å²) in [6.45, 7) is 9.48. The summed E-state index contributed by atoms with van der Waals surface area (Å²) in [7, 11) is 0. The van der Waals surface area contributed by atoms with Crippen LogP contribution in [0.25, 0.3) is 0 Å². The minimum Gasteiger partial charge on any atom is -0.481 e. The summed E-state index contributed by atoms with van der Waals surface area (Å²) >= 11 is 0. The number of hydrogen-bond donors (Lipinski definition) is 2. The smallest absolute Gasteiger partial charge is 0.317 e. The molecule has 0 aromatic rings. The standard InChI is InChI=1S/C13H25N3O3/c1-4-15(5-2)11-6-7-16(9-11)13(19)14-8-10(3)12(17)18/h10-11H,4-9H2,1-3H3,(H,14,19)(H,17,18). The van der Waals surface area contributed by atoms with Gasteiger partial charge in [0.05, 0.1) is 5.92 Å². The number of carbonyl (C=O) groups is 2. The number of carbonyl (C=O) groups excluding carboxylic acids is 1. The highest BCUT2D eigenvalue weighted by atomic mass is 16.4. The highest BCUT2D eigenvalue weighted by molar-refractivity contribution is 5.76.